The summed E-state index contributed by atoms with van der Waals surface area (Å²) in [5, 5.41) is 3.88. The Balaban J connectivity index is 1.68. The average molecular weight is 259 g/mol. The van der Waals surface area contributed by atoms with Crippen LogP contribution in [0.4, 0.5) is 13.2 Å². The van der Waals surface area contributed by atoms with Crippen LogP contribution in [0.5, 0.6) is 0 Å². The third kappa shape index (κ3) is 1.83. The van der Waals surface area contributed by atoms with Crippen molar-refractivity contribution in [3.05, 3.63) is 18.0 Å². The molecule has 0 N–H and O–H groups in total. The number of likely N-dealkylation sites (tertiary alicyclic amines) is 1. The third-order valence-electron chi connectivity index (χ3n) is 4.14. The second kappa shape index (κ2) is 3.73. The van der Waals surface area contributed by atoms with Gasteiger partial charge in [0.05, 0.1) is 17.8 Å². The van der Waals surface area contributed by atoms with E-state index in [1.54, 1.807) is 0 Å². The van der Waals surface area contributed by atoms with Gasteiger partial charge in [-0.15, -0.1) is 0 Å². The summed E-state index contributed by atoms with van der Waals surface area (Å²) in [7, 11) is 0. The van der Waals surface area contributed by atoms with Gasteiger partial charge in [-0.1, -0.05) is 0 Å². The van der Waals surface area contributed by atoms with Crippen molar-refractivity contribution >= 4 is 0 Å². The zero-order valence-corrected chi connectivity index (χ0v) is 10.4. The Hall–Kier alpha value is -1.04. The van der Waals surface area contributed by atoms with Crippen molar-refractivity contribution in [2.75, 3.05) is 13.1 Å². The Morgan fingerprint density at radius 2 is 1.89 bits per heavy atom. The molecular formula is C12H16F3N3. The van der Waals surface area contributed by atoms with Gasteiger partial charge in [0.1, 0.15) is 0 Å². The van der Waals surface area contributed by atoms with E-state index < -0.39 is 11.7 Å². The number of aromatic nitrogens is 2. The maximum atomic E-state index is 12.5. The molecule has 1 aromatic rings. The molecule has 1 aliphatic carbocycles. The first-order valence-electron chi connectivity index (χ1n) is 6.23. The highest BCUT2D eigenvalue weighted by atomic mass is 19.4. The highest BCUT2D eigenvalue weighted by Crippen LogP contribution is 2.55. The Bertz CT molecular complexity index is 440. The van der Waals surface area contributed by atoms with Crippen molar-refractivity contribution in [3.8, 4) is 0 Å². The number of rotatable bonds is 2. The normalized spacial score (nSPS) is 32.0. The lowest BCUT2D eigenvalue weighted by atomic mass is 10.3. The Labute approximate surface area is 104 Å². The van der Waals surface area contributed by atoms with Crippen molar-refractivity contribution in [3.63, 3.8) is 0 Å². The predicted octanol–water partition coefficient (Wildman–Crippen LogP) is 2.41. The monoisotopic (exact) mass is 259 g/mol. The van der Waals surface area contributed by atoms with Gasteiger partial charge in [-0.25, -0.2) is 0 Å². The summed E-state index contributed by atoms with van der Waals surface area (Å²) in [6.07, 6.45) is -2.22. The van der Waals surface area contributed by atoms with Gasteiger partial charge < -0.3 is 4.90 Å². The van der Waals surface area contributed by atoms with Crippen LogP contribution in [0.15, 0.2) is 12.4 Å². The molecule has 3 nitrogen and oxygen atoms in total. The summed E-state index contributed by atoms with van der Waals surface area (Å²) < 4.78 is 39.0. The predicted molar refractivity (Wildman–Crippen MR) is 60.0 cm³/mol. The smallest absolute Gasteiger partial charge is 0.300 e. The quantitative estimate of drug-likeness (QED) is 0.813. The zero-order valence-electron chi connectivity index (χ0n) is 10.4. The standard InChI is InChI=1S/C12H16F3N3/c1-7(2)17-5-9-10(6-17)11(9)18-4-8(3-16-18)12(13,14)15/h3-4,7,9-11H,5-6H2,1-2H3. The lowest BCUT2D eigenvalue weighted by molar-refractivity contribution is -0.137. The lowest BCUT2D eigenvalue weighted by Crippen LogP contribution is -2.31. The molecule has 100 valence electrons. The highest BCUT2D eigenvalue weighted by Gasteiger charge is 2.57. The number of hydrogen-bond acceptors (Lipinski definition) is 2. The number of alkyl halides is 3. The molecule has 0 aromatic carbocycles. The van der Waals surface area contributed by atoms with Crippen molar-refractivity contribution in [2.24, 2.45) is 11.8 Å². The van der Waals surface area contributed by atoms with Gasteiger partial charge in [0, 0.05) is 37.2 Å². The van der Waals surface area contributed by atoms with Crippen LogP contribution in [0.25, 0.3) is 0 Å². The Kier molecular flexibility index (Phi) is 2.49. The maximum absolute atomic E-state index is 12.5. The molecule has 6 heteroatoms. The summed E-state index contributed by atoms with van der Waals surface area (Å²) in [5.41, 5.74) is -0.645. The van der Waals surface area contributed by atoms with E-state index >= 15 is 0 Å². The largest absolute Gasteiger partial charge is 0.419 e. The molecule has 2 aliphatic rings. The number of fused-ring (bicyclic) bond motifs is 1. The molecule has 1 saturated heterocycles. The van der Waals surface area contributed by atoms with Crippen LogP contribution in [-0.4, -0.2) is 33.8 Å². The first kappa shape index (κ1) is 12.0. The topological polar surface area (TPSA) is 21.1 Å². The molecule has 0 bridgehead atoms. The van der Waals surface area contributed by atoms with Crippen molar-refractivity contribution in [1.82, 2.24) is 14.7 Å². The van der Waals surface area contributed by atoms with Gasteiger partial charge in [-0.3, -0.25) is 4.68 Å². The summed E-state index contributed by atoms with van der Waals surface area (Å²) in [6.45, 7) is 6.26. The van der Waals surface area contributed by atoms with E-state index in [1.807, 2.05) is 0 Å². The van der Waals surface area contributed by atoms with Gasteiger partial charge in [-0.2, -0.15) is 18.3 Å². The summed E-state index contributed by atoms with van der Waals surface area (Å²) >= 11 is 0. The van der Waals surface area contributed by atoms with Crippen molar-refractivity contribution in [1.29, 1.82) is 0 Å². The molecule has 0 spiro atoms. The minimum Gasteiger partial charge on any atom is -0.300 e. The number of hydrogen-bond donors (Lipinski definition) is 0. The van der Waals surface area contributed by atoms with Crippen LogP contribution in [0.2, 0.25) is 0 Å². The van der Waals surface area contributed by atoms with Crippen LogP contribution in [0.1, 0.15) is 25.5 Å². The summed E-state index contributed by atoms with van der Waals surface area (Å²) in [6, 6.07) is 0.693. The molecule has 2 fully saturated rings. The van der Waals surface area contributed by atoms with E-state index in [2.05, 4.69) is 23.8 Å². The zero-order chi connectivity index (χ0) is 13.1. The molecule has 2 heterocycles. The van der Waals surface area contributed by atoms with Crippen molar-refractivity contribution in [2.45, 2.75) is 32.1 Å². The lowest BCUT2D eigenvalue weighted by Gasteiger charge is -2.23. The molecule has 2 unspecified atom stereocenters. The number of nitrogens with zero attached hydrogens (tertiary/aromatic N) is 3. The minimum absolute atomic E-state index is 0.177. The summed E-state index contributed by atoms with van der Waals surface area (Å²) in [5.74, 6) is 0.960. The molecule has 2 atom stereocenters. The van der Waals surface area contributed by atoms with E-state index in [-0.39, 0.29) is 6.04 Å². The second-order valence-corrected chi connectivity index (χ2v) is 5.57. The fourth-order valence-electron chi connectivity index (χ4n) is 2.99. The van der Waals surface area contributed by atoms with Gasteiger partial charge in [0.25, 0.3) is 0 Å². The Morgan fingerprint density at radius 1 is 1.28 bits per heavy atom. The van der Waals surface area contributed by atoms with Crippen LogP contribution < -0.4 is 0 Å². The maximum Gasteiger partial charge on any atom is 0.419 e. The van der Waals surface area contributed by atoms with E-state index in [0.29, 0.717) is 17.9 Å². The number of halogens is 3. The van der Waals surface area contributed by atoms with Gasteiger partial charge in [0.2, 0.25) is 0 Å². The highest BCUT2D eigenvalue weighted by molar-refractivity contribution is 5.14. The molecule has 0 radical (unpaired) electrons. The second-order valence-electron chi connectivity index (χ2n) is 5.57. The Morgan fingerprint density at radius 3 is 2.33 bits per heavy atom. The fourth-order valence-corrected chi connectivity index (χ4v) is 2.99. The molecule has 1 aromatic heterocycles. The van der Waals surface area contributed by atoms with E-state index in [4.69, 9.17) is 0 Å². The van der Waals surface area contributed by atoms with E-state index in [0.717, 1.165) is 25.5 Å². The molecule has 1 aliphatic heterocycles. The van der Waals surface area contributed by atoms with Crippen LogP contribution >= 0.6 is 0 Å². The molecule has 3 rings (SSSR count). The molecule has 1 saturated carbocycles. The van der Waals surface area contributed by atoms with Crippen molar-refractivity contribution < 1.29 is 13.2 Å². The van der Waals surface area contributed by atoms with Gasteiger partial charge in [0.15, 0.2) is 0 Å². The first-order valence-corrected chi connectivity index (χ1v) is 6.23. The average Bonchev–Trinajstić information content (AvgIpc) is 2.75. The SMILES string of the molecule is CC(C)N1CC2C(C1)C2n1cc(C(F)(F)F)cn1. The minimum atomic E-state index is -4.29. The molecule has 18 heavy (non-hydrogen) atoms. The van der Waals surface area contributed by atoms with Gasteiger partial charge >= 0.3 is 6.18 Å². The summed E-state index contributed by atoms with van der Waals surface area (Å²) in [4.78, 5) is 2.38. The third-order valence-corrected chi connectivity index (χ3v) is 4.14. The van der Waals surface area contributed by atoms with Crippen LogP contribution in [0.3, 0.4) is 0 Å². The van der Waals surface area contributed by atoms with E-state index in [9.17, 15) is 13.2 Å². The molecule has 0 amide bonds. The van der Waals surface area contributed by atoms with Gasteiger partial charge in [-0.05, 0) is 13.8 Å². The first-order chi connectivity index (χ1) is 8.38. The molecular weight excluding hydrogens is 243 g/mol. The fraction of sp³-hybridized carbons (Fsp3) is 0.750. The van der Waals surface area contributed by atoms with E-state index in [1.165, 1.54) is 4.68 Å². The van der Waals surface area contributed by atoms with Crippen LogP contribution in [-0.2, 0) is 6.18 Å². The number of piperidine rings is 1. The van der Waals surface area contributed by atoms with Crippen LogP contribution in [0, 0.1) is 11.8 Å².